The number of aryl methyl sites for hydroxylation is 1. The summed E-state index contributed by atoms with van der Waals surface area (Å²) >= 11 is 0. The van der Waals surface area contributed by atoms with Crippen molar-refractivity contribution in [2.75, 3.05) is 18.0 Å². The first kappa shape index (κ1) is 25.0. The Labute approximate surface area is 223 Å². The summed E-state index contributed by atoms with van der Waals surface area (Å²) in [6.45, 7) is 6.28. The number of anilines is 1. The van der Waals surface area contributed by atoms with E-state index in [1.807, 2.05) is 12.3 Å². The number of rotatable bonds is 7. The van der Waals surface area contributed by atoms with E-state index in [1.54, 1.807) is 18.5 Å². The van der Waals surface area contributed by atoms with Gasteiger partial charge in [0.1, 0.15) is 17.5 Å². The Bertz CT molecular complexity index is 1280. The summed E-state index contributed by atoms with van der Waals surface area (Å²) in [4.78, 5) is 30.5. The molecule has 0 aliphatic carbocycles. The molecule has 8 nitrogen and oxygen atoms in total. The molecule has 3 aliphatic rings. The van der Waals surface area contributed by atoms with E-state index < -0.39 is 0 Å². The molecule has 200 valence electrons. The summed E-state index contributed by atoms with van der Waals surface area (Å²) < 4.78 is 16.4. The summed E-state index contributed by atoms with van der Waals surface area (Å²) in [5, 5.41) is 3.04. The van der Waals surface area contributed by atoms with Crippen molar-refractivity contribution >= 4 is 11.7 Å². The lowest BCUT2D eigenvalue weighted by molar-refractivity contribution is -0.119. The number of benzene rings is 1. The fourth-order valence-corrected chi connectivity index (χ4v) is 7.07. The minimum absolute atomic E-state index is 0.0841. The Morgan fingerprint density at radius 1 is 1.18 bits per heavy atom. The Morgan fingerprint density at radius 3 is 2.71 bits per heavy atom. The summed E-state index contributed by atoms with van der Waals surface area (Å²) in [6, 6.07) is 7.96. The van der Waals surface area contributed by atoms with Crippen LogP contribution in [-0.4, -0.2) is 55.5 Å². The summed E-state index contributed by atoms with van der Waals surface area (Å²) in [5.74, 6) is 1.68. The van der Waals surface area contributed by atoms with Gasteiger partial charge in [0, 0.05) is 62.6 Å². The predicted molar refractivity (Wildman–Crippen MR) is 143 cm³/mol. The standard InChI is InChI=1S/C29H36FN7O/c1-19-33-27-18-35(29-17-31-10-11-32-29)12-9-28(27)37(19)25-15-23-6-7-24(16-25)36(23)13-8-26(34-20(2)38)21-4-3-5-22(30)14-21/h3-5,10-11,14,17,23-26H,6-9,12-13,15-16,18H2,1-2H3,(H,34,38)/t23-,24+,25?,26-/m0/s1. The molecule has 4 atom stereocenters. The van der Waals surface area contributed by atoms with Crippen LogP contribution in [0.5, 0.6) is 0 Å². The number of fused-ring (bicyclic) bond motifs is 3. The van der Waals surface area contributed by atoms with E-state index in [1.165, 1.54) is 43.3 Å². The van der Waals surface area contributed by atoms with Crippen LogP contribution in [0.25, 0.3) is 0 Å². The molecule has 6 rings (SSSR count). The number of piperidine rings is 1. The molecule has 3 aliphatic heterocycles. The van der Waals surface area contributed by atoms with Crippen molar-refractivity contribution in [1.29, 1.82) is 0 Å². The van der Waals surface area contributed by atoms with E-state index in [2.05, 4.69) is 36.6 Å². The molecule has 0 saturated carbocycles. The molecule has 0 radical (unpaired) electrons. The third-order valence-corrected chi connectivity index (χ3v) is 8.63. The summed E-state index contributed by atoms with van der Waals surface area (Å²) in [5.41, 5.74) is 3.39. The third-order valence-electron chi connectivity index (χ3n) is 8.63. The highest BCUT2D eigenvalue weighted by atomic mass is 19.1. The minimum Gasteiger partial charge on any atom is -0.349 e. The molecule has 1 aromatic carbocycles. The van der Waals surface area contributed by atoms with Gasteiger partial charge in [0.15, 0.2) is 0 Å². The maximum atomic E-state index is 13.9. The second kappa shape index (κ2) is 10.4. The average molecular weight is 518 g/mol. The Balaban J connectivity index is 1.14. The van der Waals surface area contributed by atoms with Gasteiger partial charge < -0.3 is 14.8 Å². The van der Waals surface area contributed by atoms with Crippen LogP contribution in [0.1, 0.15) is 73.9 Å². The number of carbonyl (C=O) groups is 1. The van der Waals surface area contributed by atoms with E-state index in [0.29, 0.717) is 18.1 Å². The van der Waals surface area contributed by atoms with E-state index >= 15 is 0 Å². The van der Waals surface area contributed by atoms with Gasteiger partial charge in [-0.05, 0) is 56.7 Å². The number of nitrogens with zero attached hydrogens (tertiary/aromatic N) is 6. The highest BCUT2D eigenvalue weighted by Gasteiger charge is 2.42. The van der Waals surface area contributed by atoms with Crippen LogP contribution in [-0.2, 0) is 17.8 Å². The fourth-order valence-electron chi connectivity index (χ4n) is 7.07. The first-order valence-electron chi connectivity index (χ1n) is 13.8. The number of carbonyl (C=O) groups excluding carboxylic acids is 1. The predicted octanol–water partition coefficient (Wildman–Crippen LogP) is 4.12. The van der Waals surface area contributed by atoms with Crippen molar-refractivity contribution in [2.45, 2.75) is 83.1 Å². The zero-order valence-electron chi connectivity index (χ0n) is 22.2. The van der Waals surface area contributed by atoms with E-state index in [9.17, 15) is 9.18 Å². The first-order chi connectivity index (χ1) is 18.5. The van der Waals surface area contributed by atoms with Crippen molar-refractivity contribution in [2.24, 2.45) is 0 Å². The van der Waals surface area contributed by atoms with Crippen LogP contribution >= 0.6 is 0 Å². The van der Waals surface area contributed by atoms with Crippen molar-refractivity contribution in [3.05, 3.63) is 71.4 Å². The van der Waals surface area contributed by atoms with E-state index in [4.69, 9.17) is 4.98 Å². The highest BCUT2D eigenvalue weighted by Crippen LogP contribution is 2.43. The van der Waals surface area contributed by atoms with Gasteiger partial charge in [0.2, 0.25) is 5.91 Å². The average Bonchev–Trinajstić information content (AvgIpc) is 3.36. The normalized spacial score (nSPS) is 23.8. The van der Waals surface area contributed by atoms with E-state index in [-0.39, 0.29) is 17.8 Å². The molecule has 1 unspecified atom stereocenters. The van der Waals surface area contributed by atoms with Crippen molar-refractivity contribution in [3.8, 4) is 0 Å². The van der Waals surface area contributed by atoms with Crippen molar-refractivity contribution in [3.63, 3.8) is 0 Å². The number of hydrogen-bond donors (Lipinski definition) is 1. The largest absolute Gasteiger partial charge is 0.349 e. The van der Waals surface area contributed by atoms with Crippen LogP contribution in [0.2, 0.25) is 0 Å². The van der Waals surface area contributed by atoms with Crippen LogP contribution in [0.4, 0.5) is 10.2 Å². The quantitative estimate of drug-likeness (QED) is 0.508. The molecule has 1 amide bonds. The topological polar surface area (TPSA) is 79.2 Å². The molecule has 2 aromatic heterocycles. The number of nitrogens with one attached hydrogen (secondary N) is 1. The van der Waals surface area contributed by atoms with Crippen LogP contribution in [0.15, 0.2) is 42.9 Å². The number of amides is 1. The van der Waals surface area contributed by atoms with Crippen molar-refractivity contribution in [1.82, 2.24) is 29.7 Å². The molecular weight excluding hydrogens is 481 g/mol. The van der Waals surface area contributed by atoms with Crippen LogP contribution in [0, 0.1) is 12.7 Å². The molecule has 2 saturated heterocycles. The number of hydrogen-bond acceptors (Lipinski definition) is 6. The zero-order chi connectivity index (χ0) is 26.2. The maximum Gasteiger partial charge on any atom is 0.217 e. The van der Waals surface area contributed by atoms with Gasteiger partial charge in [-0.3, -0.25) is 14.7 Å². The molecule has 38 heavy (non-hydrogen) atoms. The number of aromatic nitrogens is 4. The Kier molecular flexibility index (Phi) is 6.86. The molecule has 9 heteroatoms. The fraction of sp³-hybridized carbons (Fsp3) is 0.517. The lowest BCUT2D eigenvalue weighted by Gasteiger charge is -2.41. The van der Waals surface area contributed by atoms with Crippen molar-refractivity contribution < 1.29 is 9.18 Å². The molecule has 3 aromatic rings. The Morgan fingerprint density at radius 2 is 2.00 bits per heavy atom. The monoisotopic (exact) mass is 517 g/mol. The van der Waals surface area contributed by atoms with Gasteiger partial charge >= 0.3 is 0 Å². The van der Waals surface area contributed by atoms with Gasteiger partial charge in [-0.25, -0.2) is 14.4 Å². The maximum absolute atomic E-state index is 13.9. The molecule has 1 N–H and O–H groups in total. The smallest absolute Gasteiger partial charge is 0.217 e. The Hall–Kier alpha value is -3.33. The molecule has 0 spiro atoms. The van der Waals surface area contributed by atoms with Gasteiger partial charge in [0.25, 0.3) is 0 Å². The SMILES string of the molecule is CC(=O)N[C@@H](CCN1[C@@H]2CC[C@H]1CC(n1c(C)nc3c1CCN(c1cnccn1)C3)C2)c1cccc(F)c1. The lowest BCUT2D eigenvalue weighted by atomic mass is 9.94. The lowest BCUT2D eigenvalue weighted by Crippen LogP contribution is -2.45. The van der Waals surface area contributed by atoms with Crippen LogP contribution in [0.3, 0.4) is 0 Å². The van der Waals surface area contributed by atoms with Gasteiger partial charge in [-0.1, -0.05) is 12.1 Å². The second-order valence-corrected chi connectivity index (χ2v) is 11.0. The number of halogens is 1. The molecule has 2 bridgehead atoms. The van der Waals surface area contributed by atoms with Crippen LogP contribution < -0.4 is 10.2 Å². The first-order valence-corrected chi connectivity index (χ1v) is 13.8. The second-order valence-electron chi connectivity index (χ2n) is 11.0. The van der Waals surface area contributed by atoms with E-state index in [0.717, 1.165) is 62.5 Å². The molecule has 5 heterocycles. The molecular formula is C29H36FN7O. The number of imidazole rings is 1. The van der Waals surface area contributed by atoms with Gasteiger partial charge in [0.05, 0.1) is 24.5 Å². The third kappa shape index (κ3) is 4.91. The van der Waals surface area contributed by atoms with Gasteiger partial charge in [-0.2, -0.15) is 0 Å². The molecule has 2 fully saturated rings. The minimum atomic E-state index is -0.266. The summed E-state index contributed by atoms with van der Waals surface area (Å²) in [6.07, 6.45) is 11.7. The zero-order valence-corrected chi connectivity index (χ0v) is 22.2. The van der Waals surface area contributed by atoms with Gasteiger partial charge in [-0.15, -0.1) is 0 Å². The summed E-state index contributed by atoms with van der Waals surface area (Å²) in [7, 11) is 0. The highest BCUT2D eigenvalue weighted by molar-refractivity contribution is 5.73.